The van der Waals surface area contributed by atoms with Crippen molar-refractivity contribution in [3.8, 4) is 11.4 Å². The number of anilines is 4. The monoisotopic (exact) mass is 628 g/mol. The van der Waals surface area contributed by atoms with Crippen molar-refractivity contribution in [1.82, 2.24) is 19.9 Å². The van der Waals surface area contributed by atoms with Crippen LogP contribution < -0.4 is 20.4 Å². The van der Waals surface area contributed by atoms with Crippen molar-refractivity contribution in [3.63, 3.8) is 0 Å². The van der Waals surface area contributed by atoms with Crippen LogP contribution in [0.5, 0.6) is 0 Å². The quantitative estimate of drug-likeness (QED) is 0.356. The molecule has 0 radical (unpaired) electrons. The van der Waals surface area contributed by atoms with Gasteiger partial charge in [-0.2, -0.15) is 15.0 Å². The van der Waals surface area contributed by atoms with E-state index in [0.29, 0.717) is 87.4 Å². The smallest absolute Gasteiger partial charge is 0.323 e. The molecule has 1 aromatic heterocycles. The third kappa shape index (κ3) is 6.82. The van der Waals surface area contributed by atoms with Gasteiger partial charge in [0.25, 0.3) is 0 Å². The number of urea groups is 1. The standard InChI is InChI=1S/C33H40N8O5/c1-22-19-45-17-14-40(22)31-36-30(37-32(38-31)41-27-10-11-28(41)21-46-20-27)24-4-8-26(9-5-24)35-33(43)34-25-6-2-23(3-7-25)29(42)18-39-12-15-44-16-13-39/h2-9,22,27-28H,10-21H2,1H3,(H2,34,35,43)/t22-,27?,28?/m1/s1. The number of rotatable bonds is 8. The molecule has 2 aromatic carbocycles. The van der Waals surface area contributed by atoms with Gasteiger partial charge in [0.1, 0.15) is 0 Å². The molecule has 2 unspecified atom stereocenters. The van der Waals surface area contributed by atoms with Gasteiger partial charge in [0.05, 0.1) is 64.3 Å². The summed E-state index contributed by atoms with van der Waals surface area (Å²) in [6.07, 6.45) is 2.13. The fourth-order valence-electron chi connectivity index (χ4n) is 6.50. The van der Waals surface area contributed by atoms with Crippen molar-refractivity contribution in [2.24, 2.45) is 0 Å². The van der Waals surface area contributed by atoms with Crippen LogP contribution in [0.15, 0.2) is 48.5 Å². The highest BCUT2D eigenvalue weighted by Gasteiger charge is 2.39. The summed E-state index contributed by atoms with van der Waals surface area (Å²) in [4.78, 5) is 46.8. The lowest BCUT2D eigenvalue weighted by atomic mass is 10.1. The van der Waals surface area contributed by atoms with Gasteiger partial charge in [0.15, 0.2) is 11.6 Å². The number of carbonyl (C=O) groups excluding carboxylic acids is 2. The van der Waals surface area contributed by atoms with Crippen LogP contribution in [0.2, 0.25) is 0 Å². The number of ketones is 1. The first kappa shape index (κ1) is 30.5. The van der Waals surface area contributed by atoms with Gasteiger partial charge in [0.2, 0.25) is 11.9 Å². The van der Waals surface area contributed by atoms with E-state index >= 15 is 0 Å². The lowest BCUT2D eigenvalue weighted by molar-refractivity contribution is 0.0371. The van der Waals surface area contributed by atoms with E-state index in [9.17, 15) is 9.59 Å². The van der Waals surface area contributed by atoms with Gasteiger partial charge < -0.3 is 34.6 Å². The van der Waals surface area contributed by atoms with Crippen molar-refractivity contribution in [2.45, 2.75) is 37.9 Å². The zero-order chi connectivity index (χ0) is 31.5. The van der Waals surface area contributed by atoms with E-state index in [0.717, 1.165) is 31.5 Å². The number of hydrogen-bond acceptors (Lipinski definition) is 11. The van der Waals surface area contributed by atoms with Crippen LogP contribution in [-0.4, -0.2) is 116 Å². The summed E-state index contributed by atoms with van der Waals surface area (Å²) < 4.78 is 16.8. The average molecular weight is 629 g/mol. The number of carbonyl (C=O) groups is 2. The number of nitrogens with zero attached hydrogens (tertiary/aromatic N) is 6. The Kier molecular flexibility index (Phi) is 9.06. The SMILES string of the molecule is C[C@@H]1COCCN1c1nc(-c2ccc(NC(=O)Nc3ccc(C(=O)CN4CCOCC4)cc3)cc2)nc(N2C3CCC2COC3)n1. The number of nitrogens with one attached hydrogen (secondary N) is 2. The minimum Gasteiger partial charge on any atom is -0.379 e. The fourth-order valence-corrected chi connectivity index (χ4v) is 6.50. The molecule has 5 heterocycles. The summed E-state index contributed by atoms with van der Waals surface area (Å²) in [5, 5.41) is 5.72. The molecule has 242 valence electrons. The van der Waals surface area contributed by atoms with Gasteiger partial charge in [-0.1, -0.05) is 0 Å². The molecule has 3 aromatic rings. The maximum absolute atomic E-state index is 12.8. The molecule has 13 nitrogen and oxygen atoms in total. The molecule has 0 spiro atoms. The Bertz CT molecular complexity index is 1520. The van der Waals surface area contributed by atoms with Gasteiger partial charge in [0, 0.05) is 42.1 Å². The largest absolute Gasteiger partial charge is 0.379 e. The van der Waals surface area contributed by atoms with Crippen molar-refractivity contribution in [1.29, 1.82) is 0 Å². The van der Waals surface area contributed by atoms with Gasteiger partial charge >= 0.3 is 6.03 Å². The number of amides is 2. The summed E-state index contributed by atoms with van der Waals surface area (Å²) in [5.74, 6) is 1.97. The number of aromatic nitrogens is 3. The second-order valence-electron chi connectivity index (χ2n) is 12.3. The number of hydrogen-bond donors (Lipinski definition) is 2. The van der Waals surface area contributed by atoms with Crippen LogP contribution in [0.1, 0.15) is 30.1 Å². The van der Waals surface area contributed by atoms with E-state index in [2.05, 4.69) is 32.3 Å². The molecule has 2 bridgehead atoms. The molecule has 2 amide bonds. The number of benzene rings is 2. The van der Waals surface area contributed by atoms with Crippen molar-refractivity contribution < 1.29 is 23.8 Å². The van der Waals surface area contributed by atoms with Crippen LogP contribution in [0.25, 0.3) is 11.4 Å². The Morgan fingerprint density at radius 1 is 0.761 bits per heavy atom. The van der Waals surface area contributed by atoms with Crippen LogP contribution >= 0.6 is 0 Å². The number of ether oxygens (including phenoxy) is 3. The Morgan fingerprint density at radius 2 is 1.39 bits per heavy atom. The molecule has 4 aliphatic heterocycles. The van der Waals surface area contributed by atoms with Crippen molar-refractivity contribution >= 4 is 35.1 Å². The predicted molar refractivity (Wildman–Crippen MR) is 174 cm³/mol. The summed E-state index contributed by atoms with van der Waals surface area (Å²) in [5.41, 5.74) is 2.66. The highest BCUT2D eigenvalue weighted by atomic mass is 16.5. The molecule has 4 saturated heterocycles. The molecule has 0 aliphatic carbocycles. The molecular weight excluding hydrogens is 588 g/mol. The normalized spacial score (nSPS) is 23.3. The molecule has 46 heavy (non-hydrogen) atoms. The van der Waals surface area contributed by atoms with E-state index in [1.165, 1.54) is 0 Å². The van der Waals surface area contributed by atoms with Crippen LogP contribution in [0.3, 0.4) is 0 Å². The topological polar surface area (TPSA) is 134 Å². The van der Waals surface area contributed by atoms with E-state index < -0.39 is 0 Å². The third-order valence-corrected chi connectivity index (χ3v) is 9.04. The first-order valence-corrected chi connectivity index (χ1v) is 16.1. The molecule has 7 rings (SSSR count). The summed E-state index contributed by atoms with van der Waals surface area (Å²) in [6.45, 7) is 8.62. The van der Waals surface area contributed by atoms with Gasteiger partial charge in [-0.05, 0) is 68.3 Å². The number of Topliss-reactive ketones (excluding diaryl/α,β-unsaturated/α-hetero) is 1. The lowest BCUT2D eigenvalue weighted by Gasteiger charge is -2.36. The minimum atomic E-state index is -0.381. The van der Waals surface area contributed by atoms with Crippen LogP contribution in [-0.2, 0) is 14.2 Å². The molecule has 4 aliphatic rings. The van der Waals surface area contributed by atoms with Gasteiger partial charge in [-0.25, -0.2) is 4.79 Å². The Morgan fingerprint density at radius 3 is 2.07 bits per heavy atom. The Labute approximate surface area is 268 Å². The van der Waals surface area contributed by atoms with Crippen molar-refractivity contribution in [2.75, 3.05) is 86.3 Å². The Balaban J connectivity index is 1.02. The molecular formula is C33H40N8O5. The molecule has 13 heteroatoms. The average Bonchev–Trinajstić information content (AvgIpc) is 3.33. The lowest BCUT2D eigenvalue weighted by Crippen LogP contribution is -2.48. The van der Waals surface area contributed by atoms with Gasteiger partial charge in [-0.15, -0.1) is 0 Å². The van der Waals surface area contributed by atoms with E-state index in [1.807, 2.05) is 24.3 Å². The van der Waals surface area contributed by atoms with E-state index in [-0.39, 0.29) is 29.9 Å². The zero-order valence-corrected chi connectivity index (χ0v) is 26.1. The first-order valence-electron chi connectivity index (χ1n) is 16.1. The summed E-state index contributed by atoms with van der Waals surface area (Å²) in [6, 6.07) is 14.7. The third-order valence-electron chi connectivity index (χ3n) is 9.04. The molecule has 2 N–H and O–H groups in total. The highest BCUT2D eigenvalue weighted by molar-refractivity contribution is 6.01. The molecule has 3 atom stereocenters. The maximum atomic E-state index is 12.8. The summed E-state index contributed by atoms with van der Waals surface area (Å²) >= 11 is 0. The maximum Gasteiger partial charge on any atom is 0.323 e. The van der Waals surface area contributed by atoms with Crippen molar-refractivity contribution in [3.05, 3.63) is 54.1 Å². The molecule has 4 fully saturated rings. The first-order chi connectivity index (χ1) is 22.5. The number of fused-ring (bicyclic) bond motifs is 2. The highest BCUT2D eigenvalue weighted by Crippen LogP contribution is 2.34. The minimum absolute atomic E-state index is 0.0483. The Hall–Kier alpha value is -4.17. The second-order valence-corrected chi connectivity index (χ2v) is 12.3. The zero-order valence-electron chi connectivity index (χ0n) is 26.1. The van der Waals surface area contributed by atoms with E-state index in [1.54, 1.807) is 24.3 Å². The van der Waals surface area contributed by atoms with Crippen LogP contribution in [0.4, 0.5) is 28.1 Å². The van der Waals surface area contributed by atoms with E-state index in [4.69, 9.17) is 29.2 Å². The molecule has 0 saturated carbocycles. The number of morpholine rings is 3. The second kappa shape index (κ2) is 13.7. The van der Waals surface area contributed by atoms with Crippen LogP contribution in [0, 0.1) is 0 Å². The predicted octanol–water partition coefficient (Wildman–Crippen LogP) is 3.29. The summed E-state index contributed by atoms with van der Waals surface area (Å²) in [7, 11) is 0. The van der Waals surface area contributed by atoms with Gasteiger partial charge in [-0.3, -0.25) is 9.69 Å². The fraction of sp³-hybridized carbons (Fsp3) is 0.485.